The van der Waals surface area contributed by atoms with Crippen LogP contribution in [0.2, 0.25) is 0 Å². The molecule has 0 N–H and O–H groups in total. The number of hydrogen-bond donors (Lipinski definition) is 0. The van der Waals surface area contributed by atoms with E-state index in [0.29, 0.717) is 0 Å². The Bertz CT molecular complexity index is 358. The number of rotatable bonds is 4. The van der Waals surface area contributed by atoms with Gasteiger partial charge in [0.15, 0.2) is 0 Å². The molecule has 0 aliphatic heterocycles. The second kappa shape index (κ2) is 4.56. The minimum atomic E-state index is -1.48. The van der Waals surface area contributed by atoms with Crippen LogP contribution in [0.1, 0.15) is 17.3 Å². The summed E-state index contributed by atoms with van der Waals surface area (Å²) in [6, 6.07) is 4.72. The van der Waals surface area contributed by atoms with Crippen molar-refractivity contribution < 1.29 is 13.9 Å². The maximum atomic E-state index is 12.5. The third-order valence-corrected chi connectivity index (χ3v) is 1.57. The Hall–Kier alpha value is -1.64. The van der Waals surface area contributed by atoms with Crippen LogP contribution in [0, 0.1) is 0 Å². The zero-order valence-electron chi connectivity index (χ0n) is 7.92. The molecule has 0 unspecified atom stereocenters. The lowest BCUT2D eigenvalue weighted by Crippen LogP contribution is -2.02. The standard InChI is InChI=1S/C11H11FO2/c1-8(2)7-14-10-6-4-3-5-9(10)11(12)13/h3-6H,1,7H2,2H3. The van der Waals surface area contributed by atoms with Crippen LogP contribution in [0.15, 0.2) is 36.4 Å². The van der Waals surface area contributed by atoms with Crippen LogP contribution in [-0.2, 0) is 0 Å². The lowest BCUT2D eigenvalue weighted by atomic mass is 10.2. The molecule has 2 nitrogen and oxygen atoms in total. The molecule has 0 heterocycles. The maximum absolute atomic E-state index is 12.5. The number of carbonyl (C=O) groups excluding carboxylic acids is 1. The minimum Gasteiger partial charge on any atom is -0.488 e. The molecule has 1 rings (SSSR count). The lowest BCUT2D eigenvalue weighted by Gasteiger charge is -2.07. The molecular weight excluding hydrogens is 183 g/mol. The molecule has 0 spiro atoms. The van der Waals surface area contributed by atoms with Crippen molar-refractivity contribution in [2.24, 2.45) is 0 Å². The van der Waals surface area contributed by atoms with E-state index in [4.69, 9.17) is 4.74 Å². The second-order valence-electron chi connectivity index (χ2n) is 3.02. The van der Waals surface area contributed by atoms with Crippen molar-refractivity contribution in [3.63, 3.8) is 0 Å². The fourth-order valence-corrected chi connectivity index (χ4v) is 0.956. The molecule has 1 aromatic carbocycles. The Morgan fingerprint density at radius 2 is 2.14 bits per heavy atom. The molecule has 0 fully saturated rings. The van der Waals surface area contributed by atoms with Gasteiger partial charge in [-0.1, -0.05) is 18.7 Å². The van der Waals surface area contributed by atoms with Crippen molar-refractivity contribution in [3.05, 3.63) is 42.0 Å². The topological polar surface area (TPSA) is 26.3 Å². The third kappa shape index (κ3) is 2.69. The Labute approximate surface area is 82.0 Å². The molecule has 0 radical (unpaired) electrons. The van der Waals surface area contributed by atoms with E-state index in [9.17, 15) is 9.18 Å². The highest BCUT2D eigenvalue weighted by atomic mass is 19.1. The number of benzene rings is 1. The van der Waals surface area contributed by atoms with Gasteiger partial charge in [0.1, 0.15) is 12.4 Å². The smallest absolute Gasteiger partial charge is 0.335 e. The molecule has 0 aliphatic carbocycles. The lowest BCUT2D eigenvalue weighted by molar-refractivity contribution is 0.0832. The van der Waals surface area contributed by atoms with E-state index in [2.05, 4.69) is 6.58 Å². The van der Waals surface area contributed by atoms with E-state index in [1.807, 2.05) is 0 Å². The molecule has 0 saturated carbocycles. The normalized spacial score (nSPS) is 9.57. The van der Waals surface area contributed by atoms with E-state index in [0.717, 1.165) is 5.57 Å². The Balaban J connectivity index is 2.84. The molecule has 0 amide bonds. The van der Waals surface area contributed by atoms with Gasteiger partial charge in [-0.05, 0) is 24.6 Å². The van der Waals surface area contributed by atoms with E-state index in [1.54, 1.807) is 25.1 Å². The van der Waals surface area contributed by atoms with Crippen LogP contribution < -0.4 is 4.74 Å². The molecule has 14 heavy (non-hydrogen) atoms. The van der Waals surface area contributed by atoms with Gasteiger partial charge in [-0.15, -0.1) is 0 Å². The largest absolute Gasteiger partial charge is 0.488 e. The van der Waals surface area contributed by atoms with Crippen molar-refractivity contribution in [2.45, 2.75) is 6.92 Å². The molecule has 0 bridgehead atoms. The van der Waals surface area contributed by atoms with Crippen molar-refractivity contribution >= 4 is 6.04 Å². The Morgan fingerprint density at radius 3 is 2.71 bits per heavy atom. The SMILES string of the molecule is C=C(C)COc1ccccc1C(=O)F. The monoisotopic (exact) mass is 194 g/mol. The molecule has 74 valence electrons. The van der Waals surface area contributed by atoms with E-state index >= 15 is 0 Å². The fraction of sp³-hybridized carbons (Fsp3) is 0.182. The van der Waals surface area contributed by atoms with E-state index in [-0.39, 0.29) is 17.9 Å². The summed E-state index contributed by atoms with van der Waals surface area (Å²) >= 11 is 0. The van der Waals surface area contributed by atoms with E-state index in [1.165, 1.54) is 6.07 Å². The number of hydrogen-bond acceptors (Lipinski definition) is 2. The average Bonchev–Trinajstić information content (AvgIpc) is 2.15. The first-order valence-electron chi connectivity index (χ1n) is 4.17. The van der Waals surface area contributed by atoms with Crippen LogP contribution in [-0.4, -0.2) is 12.6 Å². The molecule has 3 heteroatoms. The van der Waals surface area contributed by atoms with Gasteiger partial charge in [0.05, 0.1) is 5.56 Å². The zero-order chi connectivity index (χ0) is 10.6. The van der Waals surface area contributed by atoms with Crippen LogP contribution >= 0.6 is 0 Å². The summed E-state index contributed by atoms with van der Waals surface area (Å²) in [4.78, 5) is 10.5. The molecule has 1 aromatic rings. The summed E-state index contributed by atoms with van der Waals surface area (Å²) in [5, 5.41) is 0. The van der Waals surface area contributed by atoms with Gasteiger partial charge < -0.3 is 4.74 Å². The van der Waals surface area contributed by atoms with Gasteiger partial charge in [-0.25, -0.2) is 0 Å². The number of carbonyl (C=O) groups is 1. The van der Waals surface area contributed by atoms with Crippen LogP contribution in [0.3, 0.4) is 0 Å². The summed E-state index contributed by atoms with van der Waals surface area (Å²) < 4.78 is 17.7. The van der Waals surface area contributed by atoms with Gasteiger partial charge in [0, 0.05) is 0 Å². The highest BCUT2D eigenvalue weighted by Gasteiger charge is 2.10. The zero-order valence-corrected chi connectivity index (χ0v) is 7.92. The summed E-state index contributed by atoms with van der Waals surface area (Å²) in [6.07, 6.45) is 0. The van der Waals surface area contributed by atoms with Gasteiger partial charge in [-0.2, -0.15) is 4.39 Å². The van der Waals surface area contributed by atoms with Crippen molar-refractivity contribution in [1.82, 2.24) is 0 Å². The van der Waals surface area contributed by atoms with Crippen molar-refractivity contribution in [1.29, 1.82) is 0 Å². The Morgan fingerprint density at radius 1 is 1.50 bits per heavy atom. The van der Waals surface area contributed by atoms with Crippen LogP contribution in [0.5, 0.6) is 5.75 Å². The quantitative estimate of drug-likeness (QED) is 0.544. The Kier molecular flexibility index (Phi) is 3.40. The van der Waals surface area contributed by atoms with Gasteiger partial charge in [0.2, 0.25) is 0 Å². The highest BCUT2D eigenvalue weighted by Crippen LogP contribution is 2.19. The first-order valence-corrected chi connectivity index (χ1v) is 4.17. The average molecular weight is 194 g/mol. The first kappa shape index (κ1) is 10.4. The van der Waals surface area contributed by atoms with Crippen molar-refractivity contribution in [3.8, 4) is 5.75 Å². The summed E-state index contributed by atoms with van der Waals surface area (Å²) in [7, 11) is 0. The minimum absolute atomic E-state index is 0.0475. The predicted molar refractivity (Wildman–Crippen MR) is 52.2 cm³/mol. The highest BCUT2D eigenvalue weighted by molar-refractivity contribution is 5.91. The van der Waals surface area contributed by atoms with Gasteiger partial charge >= 0.3 is 6.04 Å². The van der Waals surface area contributed by atoms with Crippen LogP contribution in [0.4, 0.5) is 4.39 Å². The second-order valence-corrected chi connectivity index (χ2v) is 3.02. The molecule has 0 aliphatic rings. The summed E-state index contributed by atoms with van der Waals surface area (Å²) in [5.74, 6) is 0.253. The van der Waals surface area contributed by atoms with E-state index < -0.39 is 6.04 Å². The number of halogens is 1. The number of para-hydroxylation sites is 1. The van der Waals surface area contributed by atoms with Gasteiger partial charge in [0.25, 0.3) is 0 Å². The number of ether oxygens (including phenoxy) is 1. The molecule has 0 saturated heterocycles. The summed E-state index contributed by atoms with van der Waals surface area (Å²) in [6.45, 7) is 5.71. The van der Waals surface area contributed by atoms with Gasteiger partial charge in [-0.3, -0.25) is 4.79 Å². The van der Waals surface area contributed by atoms with Crippen molar-refractivity contribution in [2.75, 3.05) is 6.61 Å². The molecule has 0 aromatic heterocycles. The van der Waals surface area contributed by atoms with Crippen LogP contribution in [0.25, 0.3) is 0 Å². The predicted octanol–water partition coefficient (Wildman–Crippen LogP) is 2.75. The maximum Gasteiger partial charge on any atom is 0.335 e. The molecule has 0 atom stereocenters. The first-order chi connectivity index (χ1) is 6.61. The fourth-order valence-electron chi connectivity index (χ4n) is 0.956. The molecular formula is C11H11FO2. The summed E-state index contributed by atoms with van der Waals surface area (Å²) in [5.41, 5.74) is 0.764. The third-order valence-electron chi connectivity index (χ3n) is 1.57.